The van der Waals surface area contributed by atoms with Crippen LogP contribution in [0.25, 0.3) is 11.3 Å². The molecule has 26 heavy (non-hydrogen) atoms. The Balaban J connectivity index is 1.63. The number of aliphatic carboxylic acids is 1. The molecule has 7 heteroatoms. The molecule has 1 amide bonds. The Kier molecular flexibility index (Phi) is 5.37. The number of hydrogen-bond acceptors (Lipinski definition) is 4. The minimum absolute atomic E-state index is 0.0442. The number of hydrogen-bond donors (Lipinski definition) is 2. The summed E-state index contributed by atoms with van der Waals surface area (Å²) < 4.78 is 1.71. The van der Waals surface area contributed by atoms with Gasteiger partial charge < -0.3 is 10.4 Å². The predicted molar refractivity (Wildman–Crippen MR) is 97.8 cm³/mol. The van der Waals surface area contributed by atoms with Crippen molar-refractivity contribution in [2.45, 2.75) is 31.8 Å². The monoisotopic (exact) mass is 356 g/mol. The molecule has 0 spiro atoms. The van der Waals surface area contributed by atoms with Gasteiger partial charge in [-0.25, -0.2) is 0 Å². The van der Waals surface area contributed by atoms with Crippen molar-refractivity contribution in [3.63, 3.8) is 0 Å². The number of nitrogens with one attached hydrogen (secondary N) is 1. The molecule has 1 aromatic heterocycles. The summed E-state index contributed by atoms with van der Waals surface area (Å²) in [4.78, 5) is 25.6. The first-order valence-corrected chi connectivity index (χ1v) is 8.83. The van der Waals surface area contributed by atoms with Crippen LogP contribution >= 0.6 is 0 Å². The zero-order valence-corrected chi connectivity index (χ0v) is 15.1. The number of rotatable bonds is 7. The van der Waals surface area contributed by atoms with Gasteiger partial charge in [0.05, 0.1) is 24.0 Å². The predicted octanol–water partition coefficient (Wildman–Crippen LogP) is 1.75. The Bertz CT molecular complexity index is 781. The molecular formula is C19H24N4O3. The molecule has 7 nitrogen and oxygen atoms in total. The maximum absolute atomic E-state index is 12.7. The van der Waals surface area contributed by atoms with E-state index in [4.69, 9.17) is 5.11 Å². The summed E-state index contributed by atoms with van der Waals surface area (Å²) >= 11 is 0. The Labute approximate surface area is 152 Å². The second-order valence-corrected chi connectivity index (χ2v) is 6.65. The van der Waals surface area contributed by atoms with E-state index in [1.165, 1.54) is 0 Å². The molecule has 1 fully saturated rings. The number of likely N-dealkylation sites (N-methyl/N-ethyl adjacent to an activating group) is 1. The number of aryl methyl sites for hydroxylation is 1. The zero-order valence-electron chi connectivity index (χ0n) is 15.1. The van der Waals surface area contributed by atoms with Crippen LogP contribution in [0.4, 0.5) is 0 Å². The van der Waals surface area contributed by atoms with Crippen LogP contribution in [0, 0.1) is 0 Å². The Morgan fingerprint density at radius 1 is 1.31 bits per heavy atom. The summed E-state index contributed by atoms with van der Waals surface area (Å²) in [6.07, 6.45) is 3.14. The van der Waals surface area contributed by atoms with Crippen LogP contribution in [0.2, 0.25) is 0 Å². The number of carboxylic acids is 1. The van der Waals surface area contributed by atoms with Crippen LogP contribution in [0.15, 0.2) is 36.5 Å². The zero-order chi connectivity index (χ0) is 18.7. The van der Waals surface area contributed by atoms with Gasteiger partial charge in [-0.05, 0) is 19.4 Å². The lowest BCUT2D eigenvalue weighted by Crippen LogP contribution is -2.54. The van der Waals surface area contributed by atoms with Gasteiger partial charge in [-0.2, -0.15) is 5.10 Å². The van der Waals surface area contributed by atoms with E-state index in [0.717, 1.165) is 24.1 Å². The number of benzene rings is 1. The Morgan fingerprint density at radius 2 is 2.00 bits per heavy atom. The molecule has 138 valence electrons. The molecule has 0 atom stereocenters. The molecule has 1 aromatic carbocycles. The summed E-state index contributed by atoms with van der Waals surface area (Å²) in [5.41, 5.74) is 2.29. The van der Waals surface area contributed by atoms with Gasteiger partial charge in [-0.3, -0.25) is 19.2 Å². The van der Waals surface area contributed by atoms with Crippen molar-refractivity contribution in [3.8, 4) is 11.3 Å². The highest BCUT2D eigenvalue weighted by molar-refractivity contribution is 6.00. The Morgan fingerprint density at radius 3 is 2.62 bits per heavy atom. The van der Waals surface area contributed by atoms with Crippen molar-refractivity contribution < 1.29 is 14.7 Å². The largest absolute Gasteiger partial charge is 0.480 e. The molecule has 1 aliphatic rings. The van der Waals surface area contributed by atoms with E-state index >= 15 is 0 Å². The normalized spacial score (nSPS) is 19.2. The van der Waals surface area contributed by atoms with E-state index < -0.39 is 5.97 Å². The number of carbonyl (C=O) groups excluding carboxylic acids is 1. The third-order valence-corrected chi connectivity index (χ3v) is 4.94. The average molecular weight is 356 g/mol. The highest BCUT2D eigenvalue weighted by atomic mass is 16.4. The summed E-state index contributed by atoms with van der Waals surface area (Å²) in [7, 11) is 1.82. The average Bonchev–Trinajstić information content (AvgIpc) is 2.98. The quantitative estimate of drug-likeness (QED) is 0.789. The maximum Gasteiger partial charge on any atom is 0.317 e. The van der Waals surface area contributed by atoms with Crippen molar-refractivity contribution in [1.82, 2.24) is 20.0 Å². The first kappa shape index (κ1) is 18.1. The van der Waals surface area contributed by atoms with Gasteiger partial charge in [0.2, 0.25) is 0 Å². The summed E-state index contributed by atoms with van der Waals surface area (Å²) in [6, 6.07) is 9.99. The third-order valence-electron chi connectivity index (χ3n) is 4.94. The summed E-state index contributed by atoms with van der Waals surface area (Å²) in [6.45, 7) is 2.69. The van der Waals surface area contributed by atoms with E-state index in [1.54, 1.807) is 10.9 Å². The minimum atomic E-state index is -0.817. The van der Waals surface area contributed by atoms with Crippen molar-refractivity contribution in [2.24, 2.45) is 7.05 Å². The van der Waals surface area contributed by atoms with Crippen LogP contribution in [-0.2, 0) is 11.8 Å². The van der Waals surface area contributed by atoms with Crippen molar-refractivity contribution >= 4 is 11.9 Å². The van der Waals surface area contributed by atoms with E-state index in [1.807, 2.05) is 49.2 Å². The number of carbonyl (C=O) groups is 2. The van der Waals surface area contributed by atoms with E-state index in [9.17, 15) is 9.59 Å². The van der Waals surface area contributed by atoms with Gasteiger partial charge in [0.1, 0.15) is 0 Å². The number of carboxylic acid groups (broad SMARTS) is 1. The maximum atomic E-state index is 12.7. The minimum Gasteiger partial charge on any atom is -0.480 e. The van der Waals surface area contributed by atoms with Crippen molar-refractivity contribution in [1.29, 1.82) is 0 Å². The molecule has 1 aliphatic carbocycles. The Hall–Kier alpha value is -2.67. The van der Waals surface area contributed by atoms with Gasteiger partial charge in [-0.15, -0.1) is 0 Å². The molecule has 2 N–H and O–H groups in total. The van der Waals surface area contributed by atoms with Crippen molar-refractivity contribution in [2.75, 3.05) is 13.1 Å². The molecule has 2 aromatic rings. The van der Waals surface area contributed by atoms with E-state index in [-0.39, 0.29) is 24.5 Å². The van der Waals surface area contributed by atoms with Crippen molar-refractivity contribution in [3.05, 3.63) is 42.1 Å². The topological polar surface area (TPSA) is 87.5 Å². The van der Waals surface area contributed by atoms with E-state index in [2.05, 4.69) is 10.4 Å². The first-order valence-electron chi connectivity index (χ1n) is 8.83. The molecule has 1 saturated carbocycles. The van der Waals surface area contributed by atoms with Crippen LogP contribution < -0.4 is 5.32 Å². The fourth-order valence-corrected chi connectivity index (χ4v) is 3.48. The lowest BCUT2D eigenvalue weighted by atomic mass is 9.85. The molecule has 3 rings (SSSR count). The van der Waals surface area contributed by atoms with Gasteiger partial charge in [0, 0.05) is 24.7 Å². The van der Waals surface area contributed by atoms with Gasteiger partial charge in [0.25, 0.3) is 5.91 Å². The van der Waals surface area contributed by atoms with Crippen LogP contribution in [0.3, 0.4) is 0 Å². The number of amides is 1. The van der Waals surface area contributed by atoms with Gasteiger partial charge >= 0.3 is 5.97 Å². The van der Waals surface area contributed by atoms with Gasteiger partial charge in [-0.1, -0.05) is 37.3 Å². The number of aromatic nitrogens is 2. The first-order chi connectivity index (χ1) is 12.5. The molecule has 1 heterocycles. The molecule has 0 bridgehead atoms. The summed E-state index contributed by atoms with van der Waals surface area (Å²) in [5, 5.41) is 16.3. The van der Waals surface area contributed by atoms with Crippen LogP contribution in [-0.4, -0.2) is 56.8 Å². The highest BCUT2D eigenvalue weighted by Crippen LogP contribution is 2.27. The lowest BCUT2D eigenvalue weighted by molar-refractivity contribution is -0.139. The van der Waals surface area contributed by atoms with Gasteiger partial charge in [0.15, 0.2) is 0 Å². The fraction of sp³-hybridized carbons (Fsp3) is 0.421. The van der Waals surface area contributed by atoms with E-state index in [0.29, 0.717) is 12.1 Å². The summed E-state index contributed by atoms with van der Waals surface area (Å²) in [5.74, 6) is -0.955. The van der Waals surface area contributed by atoms with Crippen LogP contribution in [0.5, 0.6) is 0 Å². The second kappa shape index (κ2) is 7.70. The molecule has 0 radical (unpaired) electrons. The fourth-order valence-electron chi connectivity index (χ4n) is 3.48. The number of nitrogens with zero attached hydrogens (tertiary/aromatic N) is 3. The lowest BCUT2D eigenvalue weighted by Gasteiger charge is -2.42. The molecular weight excluding hydrogens is 332 g/mol. The highest BCUT2D eigenvalue weighted by Gasteiger charge is 2.35. The molecule has 0 unspecified atom stereocenters. The standard InChI is InChI=1S/C19H24N4O3/c1-3-23(12-17(24)25)15-9-14(10-15)21-19(26)16-11-20-22(2)18(16)13-7-5-4-6-8-13/h4-8,11,14-15H,3,9-10,12H2,1-2H3,(H,21,26)(H,24,25). The SMILES string of the molecule is CCN(CC(=O)O)C1CC(NC(=O)c2cnn(C)c2-c2ccccc2)C1. The third kappa shape index (κ3) is 3.77. The van der Waals surface area contributed by atoms with Crippen LogP contribution in [0.1, 0.15) is 30.1 Å². The second-order valence-electron chi connectivity index (χ2n) is 6.65. The smallest absolute Gasteiger partial charge is 0.317 e. The molecule has 0 saturated heterocycles. The molecule has 0 aliphatic heterocycles.